The Morgan fingerprint density at radius 1 is 0.897 bits per heavy atom. The highest BCUT2D eigenvalue weighted by Gasteiger charge is 2.38. The predicted molar refractivity (Wildman–Crippen MR) is 81.5 cm³/mol. The Labute approximate surface area is 157 Å². The van der Waals surface area contributed by atoms with Crippen LogP contribution >= 0.6 is 0 Å². The van der Waals surface area contributed by atoms with Gasteiger partial charge in [-0.25, -0.2) is 0 Å². The van der Waals surface area contributed by atoms with Crippen molar-refractivity contribution in [3.8, 4) is 0 Å². The fourth-order valence-corrected chi connectivity index (χ4v) is 2.47. The second-order valence-electron chi connectivity index (χ2n) is 5.99. The minimum atomic E-state index is -5.09. The Kier molecular flexibility index (Phi) is 5.87. The van der Waals surface area contributed by atoms with Gasteiger partial charge in [0.05, 0.1) is 22.3 Å². The zero-order chi connectivity index (χ0) is 22.2. The second-order valence-corrected chi connectivity index (χ2v) is 5.99. The van der Waals surface area contributed by atoms with E-state index in [9.17, 15) is 44.3 Å². The van der Waals surface area contributed by atoms with Crippen LogP contribution in [0.5, 0.6) is 0 Å². The van der Waals surface area contributed by atoms with Crippen molar-refractivity contribution in [3.05, 3.63) is 64.5 Å². The molecule has 2 rings (SSSR count). The van der Waals surface area contributed by atoms with Crippen molar-refractivity contribution < 1.29 is 44.3 Å². The number of rotatable bonds is 3. The van der Waals surface area contributed by atoms with Crippen LogP contribution in [0.4, 0.5) is 39.5 Å². The van der Waals surface area contributed by atoms with Gasteiger partial charge in [-0.3, -0.25) is 9.78 Å². The summed E-state index contributed by atoms with van der Waals surface area (Å²) >= 11 is 0. The summed E-state index contributed by atoms with van der Waals surface area (Å²) in [6.07, 6.45) is -13.7. The molecule has 0 saturated carbocycles. The molecule has 1 amide bonds. The first-order valence-electron chi connectivity index (χ1n) is 7.65. The van der Waals surface area contributed by atoms with Gasteiger partial charge in [-0.1, -0.05) is 0 Å². The number of benzene rings is 1. The lowest BCUT2D eigenvalue weighted by atomic mass is 10.0. The summed E-state index contributed by atoms with van der Waals surface area (Å²) in [6.45, 7) is -0.794. The number of carbonyl (C=O) groups is 1. The van der Waals surface area contributed by atoms with E-state index in [-0.39, 0.29) is 6.07 Å². The fourth-order valence-electron chi connectivity index (χ4n) is 2.47. The summed E-state index contributed by atoms with van der Waals surface area (Å²) in [5.74, 6) is -1.27. The first kappa shape index (κ1) is 22.5. The van der Waals surface area contributed by atoms with Crippen molar-refractivity contribution in [1.82, 2.24) is 9.88 Å². The molecular weight excluding hydrogens is 419 g/mol. The van der Waals surface area contributed by atoms with E-state index in [2.05, 4.69) is 4.98 Å². The number of carbonyl (C=O) groups excluding carboxylic acids is 1. The standard InChI is InChI=1S/C17H11F9N2O/c1-28(14(29)12-7-27-3-2-13(12)17(24,25)26)8-9-4-10(15(18,19)20)6-11(5-9)16(21,22)23/h2-7H,8H2,1H3. The largest absolute Gasteiger partial charge is 0.417 e. The third kappa shape index (κ3) is 5.39. The maximum absolute atomic E-state index is 13.0. The molecule has 0 atom stereocenters. The SMILES string of the molecule is CN(Cc1cc(C(F)(F)F)cc(C(F)(F)F)c1)C(=O)c1cnccc1C(F)(F)F. The Hall–Kier alpha value is -2.79. The van der Waals surface area contributed by atoms with Gasteiger partial charge in [0.1, 0.15) is 0 Å². The molecular formula is C17H11F9N2O. The zero-order valence-corrected chi connectivity index (χ0v) is 14.4. The van der Waals surface area contributed by atoms with E-state index in [0.29, 0.717) is 29.3 Å². The van der Waals surface area contributed by atoms with Gasteiger partial charge in [0.15, 0.2) is 0 Å². The molecule has 0 radical (unpaired) electrons. The molecule has 158 valence electrons. The molecule has 29 heavy (non-hydrogen) atoms. The molecule has 0 N–H and O–H groups in total. The lowest BCUT2D eigenvalue weighted by Crippen LogP contribution is -2.29. The molecule has 0 saturated heterocycles. The predicted octanol–water partition coefficient (Wildman–Crippen LogP) is 5.41. The van der Waals surface area contributed by atoms with Gasteiger partial charge in [-0.2, -0.15) is 39.5 Å². The maximum atomic E-state index is 13.0. The van der Waals surface area contributed by atoms with Gasteiger partial charge in [0.2, 0.25) is 0 Å². The third-order valence-electron chi connectivity index (χ3n) is 3.77. The molecule has 1 heterocycles. The minimum absolute atomic E-state index is 0.0891. The van der Waals surface area contributed by atoms with Crippen molar-refractivity contribution in [2.45, 2.75) is 25.1 Å². The van der Waals surface area contributed by atoms with Crippen LogP contribution in [-0.2, 0) is 25.1 Å². The molecule has 3 nitrogen and oxygen atoms in total. The van der Waals surface area contributed by atoms with Gasteiger partial charge < -0.3 is 4.90 Å². The number of nitrogens with zero attached hydrogens (tertiary/aromatic N) is 2. The van der Waals surface area contributed by atoms with E-state index in [0.717, 1.165) is 13.2 Å². The lowest BCUT2D eigenvalue weighted by Gasteiger charge is -2.21. The molecule has 0 bridgehead atoms. The number of halogens is 9. The molecule has 0 aliphatic carbocycles. The molecule has 2 aromatic rings. The quantitative estimate of drug-likeness (QED) is 0.611. The van der Waals surface area contributed by atoms with Crippen LogP contribution in [0.3, 0.4) is 0 Å². The van der Waals surface area contributed by atoms with E-state index >= 15 is 0 Å². The number of hydrogen-bond donors (Lipinski definition) is 0. The van der Waals surface area contributed by atoms with Crippen molar-refractivity contribution >= 4 is 5.91 Å². The summed E-state index contributed by atoms with van der Waals surface area (Å²) in [5, 5.41) is 0. The summed E-state index contributed by atoms with van der Waals surface area (Å²) in [7, 11) is 0.947. The summed E-state index contributed by atoms with van der Waals surface area (Å²) in [6, 6.07) is 1.24. The summed E-state index contributed by atoms with van der Waals surface area (Å²) in [4.78, 5) is 16.3. The Balaban J connectivity index is 2.41. The van der Waals surface area contributed by atoms with Crippen LogP contribution < -0.4 is 0 Å². The number of alkyl halides is 9. The van der Waals surface area contributed by atoms with Crippen LogP contribution in [0, 0.1) is 0 Å². The van der Waals surface area contributed by atoms with Crippen molar-refractivity contribution in [1.29, 1.82) is 0 Å². The van der Waals surface area contributed by atoms with Gasteiger partial charge in [-0.05, 0) is 29.8 Å². The molecule has 0 aliphatic rings. The first-order chi connectivity index (χ1) is 13.1. The molecule has 0 spiro atoms. The van der Waals surface area contributed by atoms with Gasteiger partial charge in [0, 0.05) is 26.0 Å². The van der Waals surface area contributed by atoms with E-state index in [4.69, 9.17) is 0 Å². The van der Waals surface area contributed by atoms with Crippen LogP contribution in [-0.4, -0.2) is 22.8 Å². The maximum Gasteiger partial charge on any atom is 0.417 e. The Bertz CT molecular complexity index is 869. The number of amides is 1. The smallest absolute Gasteiger partial charge is 0.337 e. The highest BCUT2D eigenvalue weighted by Crippen LogP contribution is 2.37. The number of aromatic nitrogens is 1. The average molecular weight is 430 g/mol. The zero-order valence-electron chi connectivity index (χ0n) is 14.4. The Morgan fingerprint density at radius 2 is 1.41 bits per heavy atom. The molecule has 0 fully saturated rings. The van der Waals surface area contributed by atoms with Crippen LogP contribution in [0.25, 0.3) is 0 Å². The van der Waals surface area contributed by atoms with Crippen LogP contribution in [0.15, 0.2) is 36.7 Å². The van der Waals surface area contributed by atoms with E-state index < -0.39 is 58.8 Å². The fraction of sp³-hybridized carbons (Fsp3) is 0.294. The molecule has 12 heteroatoms. The topological polar surface area (TPSA) is 33.2 Å². The second kappa shape index (κ2) is 7.56. The molecule has 1 aromatic heterocycles. The monoisotopic (exact) mass is 430 g/mol. The summed E-state index contributed by atoms with van der Waals surface area (Å²) in [5.41, 5.74) is -5.96. The van der Waals surface area contributed by atoms with E-state index in [1.807, 2.05) is 0 Å². The third-order valence-corrected chi connectivity index (χ3v) is 3.77. The van der Waals surface area contributed by atoms with Crippen molar-refractivity contribution in [3.63, 3.8) is 0 Å². The normalized spacial score (nSPS) is 12.8. The molecule has 1 aromatic carbocycles. The Morgan fingerprint density at radius 3 is 1.86 bits per heavy atom. The molecule has 0 aliphatic heterocycles. The highest BCUT2D eigenvalue weighted by atomic mass is 19.4. The average Bonchev–Trinajstić information content (AvgIpc) is 2.58. The minimum Gasteiger partial charge on any atom is -0.337 e. The summed E-state index contributed by atoms with van der Waals surface area (Å²) < 4.78 is 116. The highest BCUT2D eigenvalue weighted by molar-refractivity contribution is 5.95. The van der Waals surface area contributed by atoms with Gasteiger partial charge >= 0.3 is 18.5 Å². The van der Waals surface area contributed by atoms with Gasteiger partial charge in [0.25, 0.3) is 5.91 Å². The number of pyridine rings is 1. The first-order valence-corrected chi connectivity index (χ1v) is 7.65. The van der Waals surface area contributed by atoms with Crippen molar-refractivity contribution in [2.24, 2.45) is 0 Å². The number of hydrogen-bond acceptors (Lipinski definition) is 2. The van der Waals surface area contributed by atoms with Crippen LogP contribution in [0.1, 0.15) is 32.6 Å². The molecule has 0 unspecified atom stereocenters. The van der Waals surface area contributed by atoms with E-state index in [1.54, 1.807) is 0 Å². The lowest BCUT2D eigenvalue weighted by molar-refractivity contribution is -0.143. The van der Waals surface area contributed by atoms with Gasteiger partial charge in [-0.15, -0.1) is 0 Å². The van der Waals surface area contributed by atoms with Crippen molar-refractivity contribution in [2.75, 3.05) is 7.05 Å². The van der Waals surface area contributed by atoms with E-state index in [1.165, 1.54) is 0 Å². The van der Waals surface area contributed by atoms with Crippen LogP contribution in [0.2, 0.25) is 0 Å².